The van der Waals surface area contributed by atoms with E-state index in [-0.39, 0.29) is 25.9 Å². The standard InChI is InChI=1S/C61H110O12/c1-4-7-10-13-16-19-22-25-27-30-32-35-38-41-44-47-53(62)69-50-52(71-54(63)48-45-42-39-36-34-31-28-26-23-20-17-14-11-8-5-2)51-70-61-59(57(66)56(65)58(73-61)60(67)68)72-55(64)49-46-43-40-37-33-29-24-21-18-15-12-9-6-3/h12,15,21,24,52,56-59,61,65-66H,4-11,13-14,16-20,22-23,25-51H2,1-3H3,(H,67,68)/b15-12-,24-21-. The van der Waals surface area contributed by atoms with Gasteiger partial charge in [0.25, 0.3) is 0 Å². The van der Waals surface area contributed by atoms with Crippen LogP contribution in [0.5, 0.6) is 0 Å². The van der Waals surface area contributed by atoms with Gasteiger partial charge < -0.3 is 39.0 Å². The van der Waals surface area contributed by atoms with E-state index in [0.29, 0.717) is 19.3 Å². The van der Waals surface area contributed by atoms with Gasteiger partial charge in [0.1, 0.15) is 18.8 Å². The van der Waals surface area contributed by atoms with Crippen LogP contribution < -0.4 is 0 Å². The molecule has 1 heterocycles. The Morgan fingerprint density at radius 1 is 0.452 bits per heavy atom. The van der Waals surface area contributed by atoms with Crippen molar-refractivity contribution in [3.63, 3.8) is 0 Å². The average Bonchev–Trinajstić information content (AvgIpc) is 3.37. The number of hydrogen-bond acceptors (Lipinski definition) is 11. The first-order valence-electron chi connectivity index (χ1n) is 30.3. The highest BCUT2D eigenvalue weighted by atomic mass is 16.7. The Bertz CT molecular complexity index is 1370. The summed E-state index contributed by atoms with van der Waals surface area (Å²) in [6.45, 7) is 5.96. The van der Waals surface area contributed by atoms with Crippen LogP contribution in [0.1, 0.15) is 290 Å². The summed E-state index contributed by atoms with van der Waals surface area (Å²) in [5.41, 5.74) is 0. The maximum absolute atomic E-state index is 13.1. The van der Waals surface area contributed by atoms with E-state index in [4.69, 9.17) is 23.7 Å². The molecule has 6 unspecified atom stereocenters. The van der Waals surface area contributed by atoms with Crippen molar-refractivity contribution in [1.29, 1.82) is 0 Å². The summed E-state index contributed by atoms with van der Waals surface area (Å²) < 4.78 is 28.4. The first-order chi connectivity index (χ1) is 35.6. The molecule has 0 aromatic carbocycles. The number of carbonyl (C=O) groups excluding carboxylic acids is 3. The number of hydrogen-bond donors (Lipinski definition) is 3. The summed E-state index contributed by atoms with van der Waals surface area (Å²) in [4.78, 5) is 51.1. The highest BCUT2D eigenvalue weighted by Crippen LogP contribution is 2.27. The summed E-state index contributed by atoms with van der Waals surface area (Å²) in [6, 6.07) is 0. The zero-order valence-electron chi connectivity index (χ0n) is 46.9. The fourth-order valence-corrected chi connectivity index (χ4v) is 9.35. The number of aliphatic hydroxyl groups excluding tert-OH is 2. The van der Waals surface area contributed by atoms with Gasteiger partial charge in [0.2, 0.25) is 0 Å². The molecule has 1 rings (SSSR count). The third kappa shape index (κ3) is 40.2. The number of esters is 3. The van der Waals surface area contributed by atoms with E-state index in [1.807, 2.05) is 0 Å². The predicted molar refractivity (Wildman–Crippen MR) is 294 cm³/mol. The maximum atomic E-state index is 13.1. The van der Waals surface area contributed by atoms with E-state index >= 15 is 0 Å². The van der Waals surface area contributed by atoms with Crippen molar-refractivity contribution >= 4 is 23.9 Å². The van der Waals surface area contributed by atoms with E-state index in [2.05, 4.69) is 45.1 Å². The van der Waals surface area contributed by atoms with Crippen LogP contribution in [0, 0.1) is 0 Å². The van der Waals surface area contributed by atoms with Crippen molar-refractivity contribution in [2.75, 3.05) is 13.2 Å². The third-order valence-corrected chi connectivity index (χ3v) is 14.0. The van der Waals surface area contributed by atoms with Crippen LogP contribution in [-0.4, -0.2) is 89.2 Å². The first-order valence-corrected chi connectivity index (χ1v) is 30.3. The quantitative estimate of drug-likeness (QED) is 0.0228. The van der Waals surface area contributed by atoms with Crippen molar-refractivity contribution in [1.82, 2.24) is 0 Å². The second-order valence-corrected chi connectivity index (χ2v) is 21.0. The lowest BCUT2D eigenvalue weighted by Gasteiger charge is -2.40. The van der Waals surface area contributed by atoms with E-state index in [1.54, 1.807) is 0 Å². The maximum Gasteiger partial charge on any atom is 0.335 e. The number of aliphatic carboxylic acids is 1. The molecule has 0 radical (unpaired) electrons. The molecule has 0 spiro atoms. The summed E-state index contributed by atoms with van der Waals surface area (Å²) in [7, 11) is 0. The van der Waals surface area contributed by atoms with Gasteiger partial charge in [-0.05, 0) is 44.9 Å². The lowest BCUT2D eigenvalue weighted by molar-refractivity contribution is -0.301. The van der Waals surface area contributed by atoms with Crippen molar-refractivity contribution in [2.45, 2.75) is 327 Å². The fraction of sp³-hybridized carbons (Fsp3) is 0.869. The highest BCUT2D eigenvalue weighted by molar-refractivity contribution is 5.74. The number of allylic oxidation sites excluding steroid dienone is 4. The first kappa shape index (κ1) is 68.2. The van der Waals surface area contributed by atoms with Gasteiger partial charge in [-0.1, -0.05) is 251 Å². The van der Waals surface area contributed by atoms with Crippen LogP contribution in [0.15, 0.2) is 24.3 Å². The van der Waals surface area contributed by atoms with E-state index < -0.39 is 67.3 Å². The molecular formula is C61H110O12. The molecule has 6 atom stereocenters. The van der Waals surface area contributed by atoms with Crippen LogP contribution >= 0.6 is 0 Å². The molecule has 1 aliphatic heterocycles. The van der Waals surface area contributed by atoms with Gasteiger partial charge in [-0.3, -0.25) is 14.4 Å². The normalized spacial score (nSPS) is 18.4. The highest BCUT2D eigenvalue weighted by Gasteiger charge is 2.50. The molecule has 1 aliphatic rings. The number of aliphatic hydroxyl groups is 2. The molecule has 0 aromatic rings. The summed E-state index contributed by atoms with van der Waals surface area (Å²) >= 11 is 0. The Kier molecular flexibility index (Phi) is 46.8. The molecule has 0 bridgehead atoms. The molecule has 0 saturated carbocycles. The topological polar surface area (TPSA) is 175 Å². The van der Waals surface area contributed by atoms with E-state index in [9.17, 15) is 34.5 Å². The van der Waals surface area contributed by atoms with Gasteiger partial charge in [-0.25, -0.2) is 4.79 Å². The van der Waals surface area contributed by atoms with Gasteiger partial charge in [-0.15, -0.1) is 0 Å². The number of carbonyl (C=O) groups is 4. The molecule has 0 aromatic heterocycles. The fourth-order valence-electron chi connectivity index (χ4n) is 9.35. The number of unbranched alkanes of at least 4 members (excludes halogenated alkanes) is 34. The van der Waals surface area contributed by atoms with Crippen LogP contribution in [-0.2, 0) is 42.9 Å². The number of rotatable bonds is 52. The molecule has 12 nitrogen and oxygen atoms in total. The molecule has 3 N–H and O–H groups in total. The van der Waals surface area contributed by atoms with E-state index in [0.717, 1.165) is 89.9 Å². The minimum Gasteiger partial charge on any atom is -0.479 e. The van der Waals surface area contributed by atoms with Gasteiger partial charge in [0.15, 0.2) is 24.6 Å². The van der Waals surface area contributed by atoms with Crippen molar-refractivity contribution in [3.05, 3.63) is 24.3 Å². The Labute approximate surface area is 445 Å². The minimum absolute atomic E-state index is 0.0489. The van der Waals surface area contributed by atoms with Gasteiger partial charge >= 0.3 is 23.9 Å². The van der Waals surface area contributed by atoms with Crippen LogP contribution in [0.25, 0.3) is 0 Å². The lowest BCUT2D eigenvalue weighted by Crippen LogP contribution is -2.61. The molecular weight excluding hydrogens is 925 g/mol. The van der Waals surface area contributed by atoms with Crippen LogP contribution in [0.3, 0.4) is 0 Å². The molecule has 73 heavy (non-hydrogen) atoms. The predicted octanol–water partition coefficient (Wildman–Crippen LogP) is 15.5. The molecule has 0 aliphatic carbocycles. The van der Waals surface area contributed by atoms with Crippen molar-refractivity contribution < 1.29 is 58.2 Å². The number of carboxylic acid groups (broad SMARTS) is 1. The van der Waals surface area contributed by atoms with Gasteiger partial charge in [-0.2, -0.15) is 0 Å². The Morgan fingerprint density at radius 2 is 0.849 bits per heavy atom. The summed E-state index contributed by atoms with van der Waals surface area (Å²) in [5.74, 6) is -3.10. The lowest BCUT2D eigenvalue weighted by atomic mass is 9.98. The van der Waals surface area contributed by atoms with Crippen LogP contribution in [0.2, 0.25) is 0 Å². The van der Waals surface area contributed by atoms with Crippen molar-refractivity contribution in [3.8, 4) is 0 Å². The van der Waals surface area contributed by atoms with Gasteiger partial charge in [0.05, 0.1) is 6.61 Å². The summed E-state index contributed by atoms with van der Waals surface area (Å²) in [5, 5.41) is 31.5. The molecule has 12 heteroatoms. The van der Waals surface area contributed by atoms with E-state index in [1.165, 1.54) is 141 Å². The van der Waals surface area contributed by atoms with Gasteiger partial charge in [0, 0.05) is 19.3 Å². The SMILES string of the molecule is CCC/C=C\C/C=C\CCCCCCCC(=O)OC1C(OCC(COC(=O)CCCCCCCCCCCCCCCCC)OC(=O)CCCCCCCCCCCCCCCCC)OC(C(=O)O)C(O)C1O. The molecule has 0 amide bonds. The Hall–Kier alpha value is -2.80. The second-order valence-electron chi connectivity index (χ2n) is 21.0. The molecule has 426 valence electrons. The second kappa shape index (κ2) is 50.0. The van der Waals surface area contributed by atoms with Crippen LogP contribution in [0.4, 0.5) is 0 Å². The Balaban J connectivity index is 2.68. The number of carboxylic acids is 1. The Morgan fingerprint density at radius 3 is 1.29 bits per heavy atom. The third-order valence-electron chi connectivity index (χ3n) is 14.0. The average molecular weight is 1040 g/mol. The van der Waals surface area contributed by atoms with Crippen molar-refractivity contribution in [2.24, 2.45) is 0 Å². The smallest absolute Gasteiger partial charge is 0.335 e. The summed E-state index contributed by atoms with van der Waals surface area (Å²) in [6.07, 6.45) is 44.3. The molecule has 1 fully saturated rings. The largest absolute Gasteiger partial charge is 0.479 e. The number of ether oxygens (including phenoxy) is 5. The monoisotopic (exact) mass is 1030 g/mol. The zero-order chi connectivity index (χ0) is 53.3. The minimum atomic E-state index is -1.90. The molecule has 1 saturated heterocycles. The zero-order valence-corrected chi connectivity index (χ0v) is 46.9.